The Balaban J connectivity index is 0. The van der Waals surface area contributed by atoms with Crippen LogP contribution in [0.3, 0.4) is 0 Å². The van der Waals surface area contributed by atoms with Gasteiger partial charge in [0.15, 0.2) is 0 Å². The zero-order valence-corrected chi connectivity index (χ0v) is 17.9. The van der Waals surface area contributed by atoms with Crippen molar-refractivity contribution in [2.24, 2.45) is 5.92 Å². The molecule has 0 saturated heterocycles. The van der Waals surface area contributed by atoms with Crippen LogP contribution in [0.2, 0.25) is 3.67 Å². The fourth-order valence-electron chi connectivity index (χ4n) is 1.25. The fourth-order valence-corrected chi connectivity index (χ4v) is 2.77. The van der Waals surface area contributed by atoms with Crippen LogP contribution >= 0.6 is 0 Å². The summed E-state index contributed by atoms with van der Waals surface area (Å²) in [5.74, 6) is -3.62. The van der Waals surface area contributed by atoms with Crippen LogP contribution in [0.15, 0.2) is 24.3 Å². The molecule has 0 aromatic carbocycles. The number of allylic oxidation sites excluding steroid dienone is 2. The van der Waals surface area contributed by atoms with Crippen molar-refractivity contribution in [1.82, 2.24) is 0 Å². The molecular formula is C15H23NaO9S. The van der Waals surface area contributed by atoms with Crippen LogP contribution in [0.25, 0.3) is 0 Å². The SMILES string of the molecule is CC=CC(=O)OCC(COC(=O)C=CC)C(=O)O.O=S(=O)(O)CC[CH2][Na]. The van der Waals surface area contributed by atoms with Gasteiger partial charge in [-0.25, -0.2) is 9.59 Å². The molecule has 0 aliphatic carbocycles. The maximum atomic E-state index is 11.0. The summed E-state index contributed by atoms with van der Waals surface area (Å²) in [5.41, 5.74) is 0. The Hall–Kier alpha value is -1.20. The van der Waals surface area contributed by atoms with Gasteiger partial charge in [-0.2, -0.15) is 0 Å². The quantitative estimate of drug-likeness (QED) is 0.234. The van der Waals surface area contributed by atoms with Gasteiger partial charge in [-0.1, -0.05) is 12.2 Å². The van der Waals surface area contributed by atoms with E-state index in [1.165, 1.54) is 24.3 Å². The van der Waals surface area contributed by atoms with E-state index in [0.717, 1.165) is 31.6 Å². The predicted octanol–water partition coefficient (Wildman–Crippen LogP) is 0.777. The van der Waals surface area contributed by atoms with Crippen LogP contribution in [-0.4, -0.2) is 82.9 Å². The van der Waals surface area contributed by atoms with Crippen LogP contribution in [0.4, 0.5) is 0 Å². The molecule has 0 rings (SSSR count). The van der Waals surface area contributed by atoms with E-state index in [1.807, 2.05) is 0 Å². The van der Waals surface area contributed by atoms with Gasteiger partial charge in [-0.05, 0) is 13.8 Å². The number of carboxylic acid groups (broad SMARTS) is 1. The third-order valence-electron chi connectivity index (χ3n) is 2.56. The first-order chi connectivity index (χ1) is 12.1. The van der Waals surface area contributed by atoms with Gasteiger partial charge in [0, 0.05) is 12.2 Å². The summed E-state index contributed by atoms with van der Waals surface area (Å²) < 4.78 is 38.4. The second kappa shape index (κ2) is 16.0. The number of hydrogen-bond acceptors (Lipinski definition) is 7. The van der Waals surface area contributed by atoms with Crippen molar-refractivity contribution in [2.45, 2.75) is 23.9 Å². The normalized spacial score (nSPS) is 12.3. The number of esters is 2. The van der Waals surface area contributed by atoms with Crippen LogP contribution in [0.1, 0.15) is 20.3 Å². The van der Waals surface area contributed by atoms with Gasteiger partial charge >= 0.3 is 84.8 Å². The summed E-state index contributed by atoms with van der Waals surface area (Å²) in [4.78, 5) is 32.8. The Morgan fingerprint density at radius 3 is 1.69 bits per heavy atom. The van der Waals surface area contributed by atoms with Gasteiger partial charge in [0.25, 0.3) is 0 Å². The average Bonchev–Trinajstić information content (AvgIpc) is 2.53. The molecule has 0 spiro atoms. The molecule has 0 aliphatic rings. The van der Waals surface area contributed by atoms with Crippen molar-refractivity contribution in [3.05, 3.63) is 24.3 Å². The number of hydrogen-bond donors (Lipinski definition) is 2. The average molecular weight is 402 g/mol. The van der Waals surface area contributed by atoms with E-state index in [-0.39, 0.29) is 19.0 Å². The third kappa shape index (κ3) is 19.1. The van der Waals surface area contributed by atoms with Gasteiger partial charge in [0.05, 0.1) is 0 Å². The molecule has 0 aromatic rings. The third-order valence-corrected chi connectivity index (χ3v) is 4.08. The number of rotatable bonds is 10. The Morgan fingerprint density at radius 2 is 1.46 bits per heavy atom. The molecule has 0 radical (unpaired) electrons. The monoisotopic (exact) mass is 402 g/mol. The zero-order valence-electron chi connectivity index (χ0n) is 15.1. The van der Waals surface area contributed by atoms with E-state index in [9.17, 15) is 22.8 Å². The minimum absolute atomic E-state index is 0.0729. The predicted molar refractivity (Wildman–Crippen MR) is 94.3 cm³/mol. The van der Waals surface area contributed by atoms with Crippen LogP contribution in [0, 0.1) is 5.92 Å². The van der Waals surface area contributed by atoms with Gasteiger partial charge in [0.2, 0.25) is 0 Å². The molecule has 9 nitrogen and oxygen atoms in total. The van der Waals surface area contributed by atoms with Gasteiger partial charge < -0.3 is 14.6 Å². The fraction of sp³-hybridized carbons (Fsp3) is 0.533. The molecule has 2 N–H and O–H groups in total. The molecule has 0 heterocycles. The van der Waals surface area contributed by atoms with Crippen molar-refractivity contribution < 1.29 is 41.9 Å². The Bertz CT molecular complexity index is 568. The number of aliphatic carboxylic acids is 1. The molecule has 0 unspecified atom stereocenters. The van der Waals surface area contributed by atoms with E-state index in [0.29, 0.717) is 6.42 Å². The van der Waals surface area contributed by atoms with E-state index in [4.69, 9.17) is 9.66 Å². The molecule has 26 heavy (non-hydrogen) atoms. The molecular weight excluding hydrogens is 379 g/mol. The molecule has 0 fully saturated rings. The summed E-state index contributed by atoms with van der Waals surface area (Å²) >= 11 is 1.01. The first kappa shape index (κ1) is 27.0. The van der Waals surface area contributed by atoms with Gasteiger partial charge in [-0.3, -0.25) is 4.79 Å². The molecule has 0 saturated carbocycles. The van der Waals surface area contributed by atoms with Gasteiger partial charge in [0.1, 0.15) is 19.1 Å². The first-order valence-corrected chi connectivity index (χ1v) is 10.9. The molecule has 0 bridgehead atoms. The number of carbonyl (C=O) groups excluding carboxylic acids is 2. The topological polar surface area (TPSA) is 144 Å². The summed E-state index contributed by atoms with van der Waals surface area (Å²) in [5, 5.41) is 8.84. The van der Waals surface area contributed by atoms with Crippen molar-refractivity contribution >= 4 is 56.0 Å². The Kier molecular flexibility index (Phi) is 16.6. The van der Waals surface area contributed by atoms with E-state index in [1.54, 1.807) is 13.8 Å². The van der Waals surface area contributed by atoms with Crippen molar-refractivity contribution in [2.75, 3.05) is 19.0 Å². The molecule has 0 aromatic heterocycles. The van der Waals surface area contributed by atoms with Crippen molar-refractivity contribution in [1.29, 1.82) is 0 Å². The molecule has 0 aliphatic heterocycles. The summed E-state index contributed by atoms with van der Waals surface area (Å²) in [6.07, 6.45) is 5.90. The number of carboxylic acids is 1. The second-order valence-electron chi connectivity index (χ2n) is 4.93. The Labute approximate surface area is 170 Å². The standard InChI is InChI=1S/C12H16O6.C3H7O3S.Na/c1-3-5-10(13)17-7-9(12(15)16)8-18-11(14)6-4-2;1-2-3-7(4,5)6;/h3-6,9H,7-8H2,1-2H3,(H,15,16);1-3H2,(H,4,5,6);. The molecule has 144 valence electrons. The molecule has 0 atom stereocenters. The van der Waals surface area contributed by atoms with E-state index >= 15 is 0 Å². The van der Waals surface area contributed by atoms with Gasteiger partial charge in [-0.15, -0.1) is 0 Å². The first-order valence-electron chi connectivity index (χ1n) is 7.84. The summed E-state index contributed by atoms with van der Waals surface area (Å²) in [7, 11) is -3.66. The van der Waals surface area contributed by atoms with Crippen LogP contribution in [-0.2, 0) is 34.0 Å². The maximum absolute atomic E-state index is 11.0. The second-order valence-corrected chi connectivity index (χ2v) is 7.51. The number of carbonyl (C=O) groups is 3. The summed E-state index contributed by atoms with van der Waals surface area (Å²) in [6, 6.07) is 0. The van der Waals surface area contributed by atoms with E-state index < -0.39 is 33.9 Å². The Morgan fingerprint density at radius 1 is 1.04 bits per heavy atom. The molecule has 0 amide bonds. The van der Waals surface area contributed by atoms with Crippen LogP contribution < -0.4 is 0 Å². The van der Waals surface area contributed by atoms with Crippen LogP contribution in [0.5, 0.6) is 0 Å². The summed E-state index contributed by atoms with van der Waals surface area (Å²) in [6.45, 7) is 2.58. The minimum atomic E-state index is -3.66. The number of ether oxygens (including phenoxy) is 2. The van der Waals surface area contributed by atoms with Crippen molar-refractivity contribution in [3.8, 4) is 0 Å². The van der Waals surface area contributed by atoms with Crippen molar-refractivity contribution in [3.63, 3.8) is 0 Å². The molecule has 11 heteroatoms. The zero-order chi connectivity index (χ0) is 20.6. The van der Waals surface area contributed by atoms with E-state index in [2.05, 4.69) is 9.47 Å².